The van der Waals surface area contributed by atoms with Gasteiger partial charge >= 0.3 is 12.2 Å². The van der Waals surface area contributed by atoms with Gasteiger partial charge in [0.15, 0.2) is 0 Å². The van der Waals surface area contributed by atoms with E-state index in [1.54, 1.807) is 24.3 Å². The molecule has 0 aliphatic carbocycles. The first kappa shape index (κ1) is 43.8. The van der Waals surface area contributed by atoms with Crippen molar-refractivity contribution in [3.05, 3.63) is 215 Å². The van der Waals surface area contributed by atoms with Crippen LogP contribution in [0.2, 0.25) is 0 Å². The molecule has 7 aromatic rings. The highest BCUT2D eigenvalue weighted by molar-refractivity contribution is 5.92. The Kier molecular flexibility index (Phi) is 15.4. The van der Waals surface area contributed by atoms with Crippen molar-refractivity contribution >= 4 is 41.1 Å². The van der Waals surface area contributed by atoms with E-state index in [-0.39, 0.29) is 31.8 Å². The van der Waals surface area contributed by atoms with Crippen LogP contribution in [0.4, 0.5) is 9.59 Å². The minimum Gasteiger partial charge on any atom is -0.489 e. The summed E-state index contributed by atoms with van der Waals surface area (Å²) in [5, 5.41) is 12.0. The number of carbonyl (C=O) groups is 4. The van der Waals surface area contributed by atoms with Crippen LogP contribution in [0.5, 0.6) is 11.5 Å². The number of fused-ring (bicyclic) bond motifs is 1. The van der Waals surface area contributed by atoms with Crippen LogP contribution in [-0.4, -0.2) is 42.4 Å². The number of rotatable bonds is 18. The molecule has 3 amide bonds. The topological polar surface area (TPSA) is 154 Å². The van der Waals surface area contributed by atoms with E-state index >= 15 is 0 Å². The summed E-state index contributed by atoms with van der Waals surface area (Å²) in [7, 11) is 0. The van der Waals surface area contributed by atoms with Gasteiger partial charge in [0, 0.05) is 12.8 Å². The van der Waals surface area contributed by atoms with Crippen molar-refractivity contribution in [2.24, 2.45) is 5.10 Å². The van der Waals surface area contributed by atoms with Crippen molar-refractivity contribution in [2.45, 2.75) is 44.7 Å². The molecule has 0 saturated carbocycles. The fourth-order valence-electron chi connectivity index (χ4n) is 6.61. The smallest absolute Gasteiger partial charge is 0.489 e. The largest absolute Gasteiger partial charge is 0.514 e. The molecule has 0 radical (unpaired) electrons. The van der Waals surface area contributed by atoms with E-state index in [2.05, 4.69) is 45.4 Å². The quantitative estimate of drug-likeness (QED) is 0.0335. The Morgan fingerprint density at radius 2 is 1.02 bits per heavy atom. The molecular formula is C52H46N4O8. The Morgan fingerprint density at radius 3 is 1.67 bits per heavy atom. The van der Waals surface area contributed by atoms with Gasteiger partial charge in [0.1, 0.15) is 43.4 Å². The Bertz CT molecular complexity index is 2640. The minimum atomic E-state index is -1.18. The summed E-state index contributed by atoms with van der Waals surface area (Å²) < 4.78 is 22.0. The van der Waals surface area contributed by atoms with E-state index in [0.29, 0.717) is 23.5 Å². The van der Waals surface area contributed by atoms with E-state index in [1.807, 2.05) is 133 Å². The zero-order valence-corrected chi connectivity index (χ0v) is 34.8. The molecule has 7 rings (SSSR count). The molecule has 322 valence electrons. The van der Waals surface area contributed by atoms with E-state index < -0.39 is 36.1 Å². The summed E-state index contributed by atoms with van der Waals surface area (Å²) in [5.41, 5.74) is 7.30. The number of nitrogens with zero attached hydrogens (tertiary/aromatic N) is 1. The third-order valence-corrected chi connectivity index (χ3v) is 9.99. The number of hydrazone groups is 1. The van der Waals surface area contributed by atoms with Crippen LogP contribution >= 0.6 is 0 Å². The lowest BCUT2D eigenvalue weighted by Crippen LogP contribution is -2.54. The monoisotopic (exact) mass is 854 g/mol. The SMILES string of the molecule is O=C(N[C@H](Cc1ccc(OC(=O)OCc2ccccc2)cc1)C(=O)N[C@H](Cc1ccccc1)C(=O)N/N=C\c1ccc(OCc2ccc3ccccc3c2)cc1)OCc1ccccc1. The van der Waals surface area contributed by atoms with Crippen molar-refractivity contribution in [3.8, 4) is 11.5 Å². The molecule has 3 N–H and O–H groups in total. The summed E-state index contributed by atoms with van der Waals surface area (Å²) in [5.74, 6) is -0.314. The molecule has 0 heterocycles. The number of ether oxygens (including phenoxy) is 4. The molecule has 0 aliphatic heterocycles. The van der Waals surface area contributed by atoms with Gasteiger partial charge in [0.05, 0.1) is 6.21 Å². The molecule has 64 heavy (non-hydrogen) atoms. The van der Waals surface area contributed by atoms with Gasteiger partial charge in [-0.3, -0.25) is 9.59 Å². The number of carbonyl (C=O) groups excluding carboxylic acids is 4. The molecule has 0 aliphatic rings. The van der Waals surface area contributed by atoms with Crippen LogP contribution in [0.15, 0.2) is 187 Å². The second-order valence-corrected chi connectivity index (χ2v) is 14.8. The maximum Gasteiger partial charge on any atom is 0.514 e. The van der Waals surface area contributed by atoms with Gasteiger partial charge in [0.25, 0.3) is 5.91 Å². The molecule has 0 fully saturated rings. The molecule has 0 bridgehead atoms. The highest BCUT2D eigenvalue weighted by Gasteiger charge is 2.28. The first-order chi connectivity index (χ1) is 31.3. The fraction of sp³-hybridized carbons (Fsp3) is 0.135. The molecule has 0 saturated heterocycles. The highest BCUT2D eigenvalue weighted by atomic mass is 16.7. The zero-order chi connectivity index (χ0) is 44.4. The Morgan fingerprint density at radius 1 is 0.484 bits per heavy atom. The van der Waals surface area contributed by atoms with Gasteiger partial charge in [-0.1, -0.05) is 140 Å². The lowest BCUT2D eigenvalue weighted by atomic mass is 10.0. The summed E-state index contributed by atoms with van der Waals surface area (Å²) in [4.78, 5) is 53.3. The predicted octanol–water partition coefficient (Wildman–Crippen LogP) is 8.85. The lowest BCUT2D eigenvalue weighted by molar-refractivity contribution is -0.130. The Labute approximate surface area is 370 Å². The van der Waals surface area contributed by atoms with Gasteiger partial charge in [-0.05, 0) is 86.6 Å². The van der Waals surface area contributed by atoms with Gasteiger partial charge in [0.2, 0.25) is 5.91 Å². The maximum atomic E-state index is 14.1. The van der Waals surface area contributed by atoms with E-state index in [0.717, 1.165) is 27.6 Å². The van der Waals surface area contributed by atoms with Crippen LogP contribution in [-0.2, 0) is 51.7 Å². The number of alkyl carbamates (subject to hydrolysis) is 1. The number of benzene rings is 7. The Hall–Kier alpha value is -8.25. The first-order valence-corrected chi connectivity index (χ1v) is 20.7. The average molecular weight is 855 g/mol. The third-order valence-electron chi connectivity index (χ3n) is 9.99. The van der Waals surface area contributed by atoms with Crippen LogP contribution in [0.3, 0.4) is 0 Å². The fourth-order valence-corrected chi connectivity index (χ4v) is 6.61. The molecule has 7 aromatic carbocycles. The molecule has 0 aromatic heterocycles. The number of hydrogen-bond acceptors (Lipinski definition) is 9. The zero-order valence-electron chi connectivity index (χ0n) is 34.8. The van der Waals surface area contributed by atoms with Crippen LogP contribution in [0.25, 0.3) is 10.8 Å². The molecular weight excluding hydrogens is 809 g/mol. The van der Waals surface area contributed by atoms with Crippen LogP contribution in [0, 0.1) is 0 Å². The molecule has 12 heteroatoms. The molecule has 2 atom stereocenters. The lowest BCUT2D eigenvalue weighted by Gasteiger charge is -2.23. The summed E-state index contributed by atoms with van der Waals surface area (Å²) >= 11 is 0. The number of nitrogens with one attached hydrogen (secondary N) is 3. The van der Waals surface area contributed by atoms with E-state index in [4.69, 9.17) is 18.9 Å². The number of hydrogen-bond donors (Lipinski definition) is 3. The molecule has 12 nitrogen and oxygen atoms in total. The molecule has 0 spiro atoms. The van der Waals surface area contributed by atoms with Crippen LogP contribution in [0.1, 0.15) is 33.4 Å². The highest BCUT2D eigenvalue weighted by Crippen LogP contribution is 2.19. The Balaban J connectivity index is 0.988. The first-order valence-electron chi connectivity index (χ1n) is 20.7. The van der Waals surface area contributed by atoms with Gasteiger partial charge in [-0.15, -0.1) is 0 Å². The van der Waals surface area contributed by atoms with Crippen molar-refractivity contribution < 1.29 is 38.1 Å². The number of amides is 3. The average Bonchev–Trinajstić information content (AvgIpc) is 3.33. The molecule has 0 unspecified atom stereocenters. The van der Waals surface area contributed by atoms with Gasteiger partial charge < -0.3 is 29.6 Å². The summed E-state index contributed by atoms with van der Waals surface area (Å²) in [6.45, 7) is 0.433. The predicted molar refractivity (Wildman–Crippen MR) is 243 cm³/mol. The summed E-state index contributed by atoms with van der Waals surface area (Å²) in [6.07, 6.45) is -0.0705. The second kappa shape index (κ2) is 22.6. The minimum absolute atomic E-state index is 0.00476. The van der Waals surface area contributed by atoms with Crippen molar-refractivity contribution in [1.29, 1.82) is 0 Å². The van der Waals surface area contributed by atoms with Crippen LogP contribution < -0.4 is 25.5 Å². The third kappa shape index (κ3) is 13.6. The van der Waals surface area contributed by atoms with Gasteiger partial charge in [-0.25, -0.2) is 15.0 Å². The van der Waals surface area contributed by atoms with Crippen molar-refractivity contribution in [2.75, 3.05) is 0 Å². The van der Waals surface area contributed by atoms with Crippen molar-refractivity contribution in [3.63, 3.8) is 0 Å². The summed E-state index contributed by atoms with van der Waals surface area (Å²) in [6, 6.07) is 53.4. The second-order valence-electron chi connectivity index (χ2n) is 14.8. The van der Waals surface area contributed by atoms with Crippen molar-refractivity contribution in [1.82, 2.24) is 16.1 Å². The standard InChI is InChI=1S/C52H46N4O8/c57-49(47(55-51(59)62-34-40-14-6-2-7-15-40)32-38-21-28-46(29-22-38)64-52(60)63-35-41-16-8-3-9-17-41)54-48(31-37-12-4-1-5-13-37)50(58)56-53-33-39-23-26-45(27-24-39)61-36-42-20-25-43-18-10-11-19-44(43)30-42/h1-30,33,47-48H,31-32,34-36H2,(H,54,57)(H,55,59)(H,56,58)/b53-33-/t47-,48-/m1/s1. The van der Waals surface area contributed by atoms with E-state index in [1.165, 1.54) is 11.6 Å². The maximum absolute atomic E-state index is 14.1. The normalized spacial score (nSPS) is 11.8. The van der Waals surface area contributed by atoms with E-state index in [9.17, 15) is 19.2 Å². The van der Waals surface area contributed by atoms with Gasteiger partial charge in [-0.2, -0.15) is 5.10 Å².